The zero-order chi connectivity index (χ0) is 23.3. The molecule has 0 fully saturated rings. The summed E-state index contributed by atoms with van der Waals surface area (Å²) in [5.41, 5.74) is 1.79. The Balaban J connectivity index is 1.44. The molecule has 0 amide bonds. The first kappa shape index (κ1) is 26.2. The fourth-order valence-electron chi connectivity index (χ4n) is 3.33. The van der Waals surface area contributed by atoms with Crippen LogP contribution in [0.2, 0.25) is 10.0 Å². The molecular formula is C26H32Cl2O4. The molecule has 0 aliphatic heterocycles. The maximum atomic E-state index is 11.9. The smallest absolute Gasteiger partial charge is 0.311 e. The van der Waals surface area contributed by atoms with Crippen molar-refractivity contribution in [3.05, 3.63) is 57.6 Å². The summed E-state index contributed by atoms with van der Waals surface area (Å²) < 4.78 is 10.7. The average Bonchev–Trinajstić information content (AvgIpc) is 2.74. The van der Waals surface area contributed by atoms with Crippen LogP contribution in [-0.2, 0) is 9.59 Å². The second kappa shape index (κ2) is 14.2. The summed E-state index contributed by atoms with van der Waals surface area (Å²) in [5.74, 6) is 0.688. The Morgan fingerprint density at radius 3 is 1.31 bits per heavy atom. The molecule has 2 rings (SSSR count). The quantitative estimate of drug-likeness (QED) is 0.166. The number of hydrogen-bond acceptors (Lipinski definition) is 4. The van der Waals surface area contributed by atoms with Gasteiger partial charge >= 0.3 is 11.9 Å². The fourth-order valence-corrected chi connectivity index (χ4v) is 3.56. The van der Waals surface area contributed by atoms with Gasteiger partial charge in [0.2, 0.25) is 0 Å². The van der Waals surface area contributed by atoms with Crippen LogP contribution in [0, 0.1) is 13.8 Å². The minimum atomic E-state index is -0.202. The molecule has 0 aliphatic rings. The zero-order valence-electron chi connectivity index (χ0n) is 18.9. The Morgan fingerprint density at radius 2 is 0.969 bits per heavy atom. The third-order valence-electron chi connectivity index (χ3n) is 5.23. The van der Waals surface area contributed by atoms with Crippen molar-refractivity contribution in [2.75, 3.05) is 0 Å². The molecule has 32 heavy (non-hydrogen) atoms. The van der Waals surface area contributed by atoms with Crippen LogP contribution < -0.4 is 9.47 Å². The Labute approximate surface area is 201 Å². The van der Waals surface area contributed by atoms with Crippen LogP contribution in [0.25, 0.3) is 0 Å². The molecule has 2 aromatic rings. The molecule has 0 unspecified atom stereocenters. The SMILES string of the molecule is Cc1cc(OC(=O)CCCCCCCCCCC(=O)Oc2ccc(Cl)c(C)c2)ccc1Cl. The fraction of sp³-hybridized carbons (Fsp3) is 0.462. The standard InChI is InChI=1S/C26H32Cl2O4/c1-19-17-21(13-15-23(19)27)31-25(29)11-9-7-5-3-4-6-8-10-12-26(30)32-22-14-16-24(28)20(2)18-22/h13-18H,3-12H2,1-2H3. The van der Waals surface area contributed by atoms with Gasteiger partial charge in [0.25, 0.3) is 0 Å². The lowest BCUT2D eigenvalue weighted by molar-refractivity contribution is -0.135. The summed E-state index contributed by atoms with van der Waals surface area (Å²) in [5, 5.41) is 1.33. The number of carbonyl (C=O) groups is 2. The Bertz CT molecular complexity index is 822. The molecule has 2 aromatic carbocycles. The highest BCUT2D eigenvalue weighted by atomic mass is 35.5. The van der Waals surface area contributed by atoms with Gasteiger partial charge in [-0.25, -0.2) is 0 Å². The molecule has 0 radical (unpaired) electrons. The number of carbonyl (C=O) groups excluding carboxylic acids is 2. The zero-order valence-corrected chi connectivity index (χ0v) is 20.4. The van der Waals surface area contributed by atoms with E-state index in [2.05, 4.69) is 0 Å². The molecule has 0 bridgehead atoms. The van der Waals surface area contributed by atoms with Crippen molar-refractivity contribution >= 4 is 35.1 Å². The van der Waals surface area contributed by atoms with Crippen LogP contribution in [0.3, 0.4) is 0 Å². The van der Waals surface area contributed by atoms with Gasteiger partial charge in [-0.15, -0.1) is 0 Å². The molecule has 0 aliphatic carbocycles. The summed E-state index contributed by atoms with van der Waals surface area (Å²) in [6, 6.07) is 10.5. The van der Waals surface area contributed by atoms with E-state index >= 15 is 0 Å². The molecule has 0 saturated carbocycles. The van der Waals surface area contributed by atoms with Crippen molar-refractivity contribution in [2.45, 2.75) is 78.1 Å². The van der Waals surface area contributed by atoms with E-state index < -0.39 is 0 Å². The lowest BCUT2D eigenvalue weighted by Gasteiger charge is -2.07. The van der Waals surface area contributed by atoms with Crippen molar-refractivity contribution < 1.29 is 19.1 Å². The van der Waals surface area contributed by atoms with Crippen LogP contribution >= 0.6 is 23.2 Å². The van der Waals surface area contributed by atoms with E-state index in [1.807, 2.05) is 13.8 Å². The van der Waals surface area contributed by atoms with Crippen LogP contribution in [0.5, 0.6) is 11.5 Å². The van der Waals surface area contributed by atoms with Gasteiger partial charge in [-0.3, -0.25) is 9.59 Å². The Hall–Kier alpha value is -2.04. The van der Waals surface area contributed by atoms with Crippen molar-refractivity contribution in [1.82, 2.24) is 0 Å². The topological polar surface area (TPSA) is 52.6 Å². The summed E-state index contributed by atoms with van der Waals surface area (Å²) in [6.07, 6.45) is 9.04. The maximum Gasteiger partial charge on any atom is 0.311 e. The van der Waals surface area contributed by atoms with Gasteiger partial charge in [-0.2, -0.15) is 0 Å². The minimum absolute atomic E-state index is 0.202. The molecule has 0 saturated heterocycles. The number of hydrogen-bond donors (Lipinski definition) is 0. The number of halogens is 2. The number of esters is 2. The monoisotopic (exact) mass is 478 g/mol. The average molecular weight is 479 g/mol. The highest BCUT2D eigenvalue weighted by Gasteiger charge is 2.07. The second-order valence-corrected chi connectivity index (χ2v) is 8.91. The number of rotatable bonds is 13. The van der Waals surface area contributed by atoms with Crippen molar-refractivity contribution in [2.24, 2.45) is 0 Å². The summed E-state index contributed by atoms with van der Waals surface area (Å²) in [6.45, 7) is 3.76. The molecule has 4 nitrogen and oxygen atoms in total. The lowest BCUT2D eigenvalue weighted by Crippen LogP contribution is -2.07. The minimum Gasteiger partial charge on any atom is -0.427 e. The molecule has 0 spiro atoms. The van der Waals surface area contributed by atoms with Gasteiger partial charge in [0.15, 0.2) is 0 Å². The predicted octanol–water partition coefficient (Wildman–Crippen LogP) is 8.02. The van der Waals surface area contributed by atoms with Gasteiger partial charge in [-0.1, -0.05) is 61.7 Å². The first-order valence-corrected chi connectivity index (χ1v) is 12.0. The van der Waals surface area contributed by atoms with E-state index in [-0.39, 0.29) is 11.9 Å². The van der Waals surface area contributed by atoms with Crippen LogP contribution in [0.1, 0.15) is 75.3 Å². The van der Waals surface area contributed by atoms with Gasteiger partial charge in [-0.05, 0) is 74.2 Å². The second-order valence-electron chi connectivity index (χ2n) is 8.10. The molecule has 6 heteroatoms. The largest absolute Gasteiger partial charge is 0.427 e. The highest BCUT2D eigenvalue weighted by molar-refractivity contribution is 6.31. The molecule has 174 valence electrons. The van der Waals surface area contributed by atoms with E-state index in [0.717, 1.165) is 62.5 Å². The Kier molecular flexibility index (Phi) is 11.6. The van der Waals surface area contributed by atoms with Crippen LogP contribution in [0.4, 0.5) is 0 Å². The number of unbranched alkanes of at least 4 members (excludes halogenated alkanes) is 7. The van der Waals surface area contributed by atoms with E-state index in [0.29, 0.717) is 34.4 Å². The van der Waals surface area contributed by atoms with Gasteiger partial charge in [0.05, 0.1) is 0 Å². The molecule has 0 N–H and O–H groups in total. The third-order valence-corrected chi connectivity index (χ3v) is 6.08. The van der Waals surface area contributed by atoms with Crippen molar-refractivity contribution in [3.63, 3.8) is 0 Å². The molecule has 0 atom stereocenters. The van der Waals surface area contributed by atoms with Gasteiger partial charge < -0.3 is 9.47 Å². The van der Waals surface area contributed by atoms with Crippen LogP contribution in [-0.4, -0.2) is 11.9 Å². The van der Waals surface area contributed by atoms with E-state index in [4.69, 9.17) is 32.7 Å². The van der Waals surface area contributed by atoms with Gasteiger partial charge in [0, 0.05) is 22.9 Å². The highest BCUT2D eigenvalue weighted by Crippen LogP contribution is 2.23. The van der Waals surface area contributed by atoms with Crippen LogP contribution in [0.15, 0.2) is 36.4 Å². The summed E-state index contributed by atoms with van der Waals surface area (Å²) in [7, 11) is 0. The maximum absolute atomic E-state index is 11.9. The lowest BCUT2D eigenvalue weighted by atomic mass is 10.1. The first-order chi connectivity index (χ1) is 15.3. The molecular weight excluding hydrogens is 447 g/mol. The van der Waals surface area contributed by atoms with Gasteiger partial charge in [0.1, 0.15) is 11.5 Å². The Morgan fingerprint density at radius 1 is 0.625 bits per heavy atom. The van der Waals surface area contributed by atoms with Crippen molar-refractivity contribution in [1.29, 1.82) is 0 Å². The predicted molar refractivity (Wildman–Crippen MR) is 130 cm³/mol. The number of ether oxygens (including phenoxy) is 2. The number of benzene rings is 2. The molecule has 0 aromatic heterocycles. The van der Waals surface area contributed by atoms with Crippen molar-refractivity contribution in [3.8, 4) is 11.5 Å². The van der Waals surface area contributed by atoms with E-state index in [1.54, 1.807) is 36.4 Å². The number of aryl methyl sites for hydroxylation is 2. The van der Waals surface area contributed by atoms with E-state index in [9.17, 15) is 9.59 Å². The summed E-state index contributed by atoms with van der Waals surface area (Å²) in [4.78, 5) is 23.8. The molecule has 0 heterocycles. The van der Waals surface area contributed by atoms with E-state index in [1.165, 1.54) is 0 Å². The first-order valence-electron chi connectivity index (χ1n) is 11.3. The normalized spacial score (nSPS) is 10.8. The third kappa shape index (κ3) is 10.1. The summed E-state index contributed by atoms with van der Waals surface area (Å²) >= 11 is 12.0.